The molecule has 0 radical (unpaired) electrons. The van der Waals surface area contributed by atoms with Crippen LogP contribution in [0.15, 0.2) is 0 Å². The topological polar surface area (TPSA) is 171 Å². The molecule has 5 unspecified atom stereocenters. The number of rotatable bonds is 13. The third-order valence-electron chi connectivity index (χ3n) is 4.94. The summed E-state index contributed by atoms with van der Waals surface area (Å²) >= 11 is 0. The number of nitrogens with one attached hydrogen (secondary N) is 3. The number of carbonyl (C=O) groups excluding carboxylic acids is 3. The molecule has 0 saturated carbocycles. The Labute approximate surface area is 178 Å². The number of aliphatic hydroxyl groups excluding tert-OH is 1. The second-order valence-corrected chi connectivity index (χ2v) is 8.41. The normalized spacial score (nSPS) is 16.3. The number of carboxylic acids is 1. The van der Waals surface area contributed by atoms with Crippen LogP contribution in [-0.4, -0.2) is 64.7 Å². The van der Waals surface area contributed by atoms with Crippen LogP contribution in [0.25, 0.3) is 0 Å². The van der Waals surface area contributed by atoms with E-state index >= 15 is 0 Å². The standard InChI is InChI=1S/C20H38N4O6/c1-7-12(6)15(21)18(27)22-13(8-10(2)3)17(26)24-16(11(4)5)19(28)23-14(9-25)20(29)30/h10-16,25H,7-9,21H2,1-6H3,(H,22,27)(H,23,28)(H,24,26)(H,29,30). The molecule has 30 heavy (non-hydrogen) atoms. The van der Waals surface area contributed by atoms with E-state index < -0.39 is 54.5 Å². The Morgan fingerprint density at radius 3 is 1.80 bits per heavy atom. The van der Waals surface area contributed by atoms with Crippen LogP contribution < -0.4 is 21.7 Å². The molecule has 0 heterocycles. The van der Waals surface area contributed by atoms with Gasteiger partial charge in [0.1, 0.15) is 18.1 Å². The molecule has 0 aromatic rings. The molecular weight excluding hydrogens is 392 g/mol. The predicted molar refractivity (Wildman–Crippen MR) is 112 cm³/mol. The molecule has 0 fully saturated rings. The fourth-order valence-electron chi connectivity index (χ4n) is 2.72. The summed E-state index contributed by atoms with van der Waals surface area (Å²) in [7, 11) is 0. The lowest BCUT2D eigenvalue weighted by Gasteiger charge is -2.28. The lowest BCUT2D eigenvalue weighted by atomic mass is 9.97. The molecule has 10 nitrogen and oxygen atoms in total. The van der Waals surface area contributed by atoms with Crippen LogP contribution in [0.5, 0.6) is 0 Å². The summed E-state index contributed by atoms with van der Waals surface area (Å²) in [4.78, 5) is 48.9. The average molecular weight is 431 g/mol. The molecule has 0 aromatic heterocycles. The first-order valence-corrected chi connectivity index (χ1v) is 10.4. The van der Waals surface area contributed by atoms with Gasteiger partial charge in [0.15, 0.2) is 0 Å². The van der Waals surface area contributed by atoms with Gasteiger partial charge in [0.05, 0.1) is 12.6 Å². The highest BCUT2D eigenvalue weighted by Gasteiger charge is 2.32. The minimum absolute atomic E-state index is 0.0617. The maximum absolute atomic E-state index is 12.9. The van der Waals surface area contributed by atoms with Crippen molar-refractivity contribution in [2.45, 2.75) is 78.6 Å². The van der Waals surface area contributed by atoms with Gasteiger partial charge in [0.2, 0.25) is 17.7 Å². The first-order valence-electron chi connectivity index (χ1n) is 10.4. The van der Waals surface area contributed by atoms with E-state index in [0.717, 1.165) is 0 Å². The van der Waals surface area contributed by atoms with E-state index in [1.807, 2.05) is 27.7 Å². The van der Waals surface area contributed by atoms with E-state index in [1.54, 1.807) is 13.8 Å². The smallest absolute Gasteiger partial charge is 0.328 e. The van der Waals surface area contributed by atoms with Crippen LogP contribution >= 0.6 is 0 Å². The zero-order valence-electron chi connectivity index (χ0n) is 18.8. The van der Waals surface area contributed by atoms with Gasteiger partial charge < -0.3 is 31.9 Å². The van der Waals surface area contributed by atoms with Crippen molar-refractivity contribution in [2.24, 2.45) is 23.5 Å². The molecule has 5 atom stereocenters. The predicted octanol–water partition coefficient (Wildman–Crippen LogP) is -0.407. The number of nitrogens with two attached hydrogens (primary N) is 1. The second-order valence-electron chi connectivity index (χ2n) is 8.41. The fourth-order valence-corrected chi connectivity index (χ4v) is 2.72. The molecule has 0 spiro atoms. The quantitative estimate of drug-likeness (QED) is 0.231. The van der Waals surface area contributed by atoms with Gasteiger partial charge in [-0.1, -0.05) is 48.0 Å². The van der Waals surface area contributed by atoms with Crippen molar-refractivity contribution in [3.8, 4) is 0 Å². The summed E-state index contributed by atoms with van der Waals surface area (Å²) in [6.45, 7) is 10.2. The third-order valence-corrected chi connectivity index (χ3v) is 4.94. The number of hydrogen-bond donors (Lipinski definition) is 6. The van der Waals surface area contributed by atoms with Gasteiger partial charge in [-0.25, -0.2) is 4.79 Å². The molecule has 3 amide bonds. The maximum atomic E-state index is 12.9. The van der Waals surface area contributed by atoms with Crippen molar-refractivity contribution in [3.05, 3.63) is 0 Å². The first-order chi connectivity index (χ1) is 13.8. The van der Waals surface area contributed by atoms with E-state index in [2.05, 4.69) is 16.0 Å². The Hall–Kier alpha value is -2.20. The van der Waals surface area contributed by atoms with Gasteiger partial charge in [-0.3, -0.25) is 14.4 Å². The molecule has 0 aliphatic heterocycles. The summed E-state index contributed by atoms with van der Waals surface area (Å²) < 4.78 is 0. The second kappa shape index (κ2) is 13.2. The van der Waals surface area contributed by atoms with Crippen molar-refractivity contribution in [2.75, 3.05) is 6.61 Å². The average Bonchev–Trinajstić information content (AvgIpc) is 2.66. The van der Waals surface area contributed by atoms with Crippen LogP contribution in [-0.2, 0) is 19.2 Å². The lowest BCUT2D eigenvalue weighted by molar-refractivity contribution is -0.143. The fraction of sp³-hybridized carbons (Fsp3) is 0.800. The number of hydrogen-bond acceptors (Lipinski definition) is 6. The summed E-state index contributed by atoms with van der Waals surface area (Å²) in [6, 6.07) is -4.17. The maximum Gasteiger partial charge on any atom is 0.328 e. The zero-order chi connectivity index (χ0) is 23.6. The first kappa shape index (κ1) is 27.8. The summed E-state index contributed by atoms with van der Waals surface area (Å²) in [6.07, 6.45) is 1.05. The summed E-state index contributed by atoms with van der Waals surface area (Å²) in [5.74, 6) is -3.46. The minimum Gasteiger partial charge on any atom is -0.480 e. The molecule has 0 rings (SSSR count). The number of aliphatic hydroxyl groups is 1. The van der Waals surface area contributed by atoms with Gasteiger partial charge in [0.25, 0.3) is 0 Å². The summed E-state index contributed by atoms with van der Waals surface area (Å²) in [5.41, 5.74) is 5.96. The molecule has 10 heteroatoms. The van der Waals surface area contributed by atoms with Gasteiger partial charge in [0, 0.05) is 0 Å². The Kier molecular flexibility index (Phi) is 12.2. The van der Waals surface area contributed by atoms with E-state index in [1.165, 1.54) is 0 Å². The van der Waals surface area contributed by atoms with E-state index in [0.29, 0.717) is 12.8 Å². The van der Waals surface area contributed by atoms with Crippen molar-refractivity contribution in [1.29, 1.82) is 0 Å². The number of aliphatic carboxylic acids is 1. The van der Waals surface area contributed by atoms with Crippen LogP contribution in [0.3, 0.4) is 0 Å². The lowest BCUT2D eigenvalue weighted by Crippen LogP contribution is -2.59. The molecule has 174 valence electrons. The van der Waals surface area contributed by atoms with Crippen molar-refractivity contribution < 1.29 is 29.4 Å². The van der Waals surface area contributed by atoms with Crippen molar-refractivity contribution >= 4 is 23.7 Å². The molecule has 0 aliphatic carbocycles. The molecule has 0 saturated heterocycles. The Morgan fingerprint density at radius 1 is 0.867 bits per heavy atom. The van der Waals surface area contributed by atoms with Crippen LogP contribution in [0.1, 0.15) is 54.4 Å². The minimum atomic E-state index is -1.48. The zero-order valence-corrected chi connectivity index (χ0v) is 18.8. The van der Waals surface area contributed by atoms with Crippen LogP contribution in [0.2, 0.25) is 0 Å². The Bertz CT molecular complexity index is 596. The largest absolute Gasteiger partial charge is 0.480 e. The molecular formula is C20H38N4O6. The highest BCUT2D eigenvalue weighted by Crippen LogP contribution is 2.10. The van der Waals surface area contributed by atoms with E-state index in [9.17, 15) is 19.2 Å². The monoisotopic (exact) mass is 430 g/mol. The van der Waals surface area contributed by atoms with Gasteiger partial charge in [-0.2, -0.15) is 0 Å². The van der Waals surface area contributed by atoms with Crippen molar-refractivity contribution in [1.82, 2.24) is 16.0 Å². The molecule has 0 bridgehead atoms. The number of amides is 3. The number of carbonyl (C=O) groups is 4. The number of carboxylic acid groups (broad SMARTS) is 1. The van der Waals surface area contributed by atoms with Gasteiger partial charge in [-0.15, -0.1) is 0 Å². The molecule has 0 aliphatic rings. The van der Waals surface area contributed by atoms with Gasteiger partial charge >= 0.3 is 5.97 Å². The van der Waals surface area contributed by atoms with E-state index in [-0.39, 0.29) is 17.8 Å². The van der Waals surface area contributed by atoms with E-state index in [4.69, 9.17) is 15.9 Å². The van der Waals surface area contributed by atoms with Crippen LogP contribution in [0, 0.1) is 17.8 Å². The Morgan fingerprint density at radius 2 is 1.40 bits per heavy atom. The highest BCUT2D eigenvalue weighted by atomic mass is 16.4. The molecule has 0 aromatic carbocycles. The van der Waals surface area contributed by atoms with Crippen molar-refractivity contribution in [3.63, 3.8) is 0 Å². The molecule has 7 N–H and O–H groups in total. The highest BCUT2D eigenvalue weighted by molar-refractivity contribution is 5.94. The third kappa shape index (κ3) is 9.08. The SMILES string of the molecule is CCC(C)C(N)C(=O)NC(CC(C)C)C(=O)NC(C(=O)NC(CO)C(=O)O)C(C)C. The summed E-state index contributed by atoms with van der Waals surface area (Å²) in [5, 5.41) is 25.6. The van der Waals surface area contributed by atoms with Crippen LogP contribution in [0.4, 0.5) is 0 Å². The van der Waals surface area contributed by atoms with Gasteiger partial charge in [-0.05, 0) is 24.2 Å². The Balaban J connectivity index is 5.38.